The number of hydrogen-bond acceptors (Lipinski definition) is 3. The van der Waals surface area contributed by atoms with Crippen molar-refractivity contribution in [1.29, 1.82) is 0 Å². The summed E-state index contributed by atoms with van der Waals surface area (Å²) in [6.07, 6.45) is 4.18. The number of aryl methyl sites for hydroxylation is 1. The molecule has 1 aromatic rings. The molecule has 1 aromatic heterocycles. The molecule has 1 unspecified atom stereocenters. The van der Waals surface area contributed by atoms with Gasteiger partial charge in [0, 0.05) is 5.38 Å². The first-order chi connectivity index (χ1) is 5.86. The monoisotopic (exact) mass is 183 g/mol. The van der Waals surface area contributed by atoms with Crippen LogP contribution in [0.4, 0.5) is 0 Å². The van der Waals surface area contributed by atoms with Gasteiger partial charge in [-0.1, -0.05) is 0 Å². The summed E-state index contributed by atoms with van der Waals surface area (Å²) in [5.74, 6) is 0.601. The summed E-state index contributed by atoms with van der Waals surface area (Å²) in [7, 11) is 0. The second-order valence-corrected chi connectivity index (χ2v) is 4.14. The number of aliphatic hydroxyl groups is 1. The molecule has 1 N–H and O–H groups in total. The van der Waals surface area contributed by atoms with Crippen LogP contribution in [0.15, 0.2) is 10.9 Å². The van der Waals surface area contributed by atoms with Crippen molar-refractivity contribution in [2.24, 2.45) is 5.92 Å². The van der Waals surface area contributed by atoms with Crippen LogP contribution in [0.5, 0.6) is 0 Å². The second-order valence-electron chi connectivity index (χ2n) is 3.42. The number of rotatable bonds is 4. The topological polar surface area (TPSA) is 33.1 Å². The fraction of sp³-hybridized carbons (Fsp3) is 0.667. The van der Waals surface area contributed by atoms with Crippen molar-refractivity contribution in [3.8, 4) is 0 Å². The van der Waals surface area contributed by atoms with Crippen molar-refractivity contribution in [2.75, 3.05) is 0 Å². The minimum atomic E-state index is -0.0771. The Kier molecular flexibility index (Phi) is 2.42. The number of nitrogens with zero attached hydrogens (tertiary/aromatic N) is 1. The largest absolute Gasteiger partial charge is 0.393 e. The first-order valence-corrected chi connectivity index (χ1v) is 5.35. The van der Waals surface area contributed by atoms with E-state index in [1.807, 2.05) is 5.51 Å². The highest BCUT2D eigenvalue weighted by Gasteiger charge is 2.29. The molecule has 0 aliphatic heterocycles. The number of aliphatic hydroxyl groups excluding tert-OH is 1. The molecule has 2 nitrogen and oxygen atoms in total. The van der Waals surface area contributed by atoms with Crippen molar-refractivity contribution in [1.82, 2.24) is 4.98 Å². The van der Waals surface area contributed by atoms with Crippen molar-refractivity contribution < 1.29 is 5.11 Å². The zero-order chi connectivity index (χ0) is 8.39. The number of thiazole rings is 1. The summed E-state index contributed by atoms with van der Waals surface area (Å²) in [5, 5.41) is 11.6. The Morgan fingerprint density at radius 2 is 2.50 bits per heavy atom. The lowest BCUT2D eigenvalue weighted by atomic mass is 10.1. The first-order valence-electron chi connectivity index (χ1n) is 4.41. The minimum absolute atomic E-state index is 0.0771. The van der Waals surface area contributed by atoms with Crippen LogP contribution in [0.1, 0.15) is 25.0 Å². The SMILES string of the molecule is OC(CCc1cscn1)C1CC1. The lowest BCUT2D eigenvalue weighted by molar-refractivity contribution is 0.141. The molecule has 3 heteroatoms. The molecule has 0 amide bonds. The van der Waals surface area contributed by atoms with Crippen LogP contribution in [0.3, 0.4) is 0 Å². The Labute approximate surface area is 76.3 Å². The Hall–Kier alpha value is -0.410. The first kappa shape index (κ1) is 8.20. The minimum Gasteiger partial charge on any atom is -0.393 e. The molecule has 1 atom stereocenters. The number of aromatic nitrogens is 1. The van der Waals surface area contributed by atoms with Gasteiger partial charge in [-0.2, -0.15) is 0 Å². The third kappa shape index (κ3) is 2.05. The molecular weight excluding hydrogens is 170 g/mol. The van der Waals surface area contributed by atoms with Crippen LogP contribution in [-0.2, 0) is 6.42 Å². The highest BCUT2D eigenvalue weighted by Crippen LogP contribution is 2.34. The van der Waals surface area contributed by atoms with Crippen molar-refractivity contribution in [2.45, 2.75) is 31.8 Å². The molecular formula is C9H13NOS. The third-order valence-electron chi connectivity index (χ3n) is 2.35. The molecule has 1 heterocycles. The molecule has 66 valence electrons. The molecule has 1 saturated carbocycles. The third-order valence-corrected chi connectivity index (χ3v) is 2.98. The van der Waals surface area contributed by atoms with E-state index >= 15 is 0 Å². The zero-order valence-corrected chi connectivity index (χ0v) is 7.76. The van der Waals surface area contributed by atoms with Gasteiger partial charge in [0.1, 0.15) is 0 Å². The smallest absolute Gasteiger partial charge is 0.0794 e. The van der Waals surface area contributed by atoms with E-state index in [-0.39, 0.29) is 6.10 Å². The average molecular weight is 183 g/mol. The molecule has 0 saturated heterocycles. The molecule has 1 aliphatic carbocycles. The van der Waals surface area contributed by atoms with Crippen LogP contribution in [0, 0.1) is 5.92 Å². The molecule has 2 rings (SSSR count). The summed E-state index contributed by atoms with van der Waals surface area (Å²) in [4.78, 5) is 4.18. The molecule has 1 fully saturated rings. The van der Waals surface area contributed by atoms with Gasteiger partial charge in [-0.3, -0.25) is 0 Å². The molecule has 12 heavy (non-hydrogen) atoms. The van der Waals surface area contributed by atoms with E-state index in [1.165, 1.54) is 12.8 Å². The van der Waals surface area contributed by atoms with Crippen LogP contribution >= 0.6 is 11.3 Å². The second kappa shape index (κ2) is 3.54. The van der Waals surface area contributed by atoms with Crippen molar-refractivity contribution in [3.63, 3.8) is 0 Å². The summed E-state index contributed by atoms with van der Waals surface area (Å²) < 4.78 is 0. The van der Waals surface area contributed by atoms with Gasteiger partial charge in [0.15, 0.2) is 0 Å². The predicted octanol–water partition coefficient (Wildman–Crippen LogP) is 1.85. The van der Waals surface area contributed by atoms with E-state index in [4.69, 9.17) is 0 Å². The van der Waals surface area contributed by atoms with E-state index in [0.717, 1.165) is 18.5 Å². The summed E-state index contributed by atoms with van der Waals surface area (Å²) in [6.45, 7) is 0. The van der Waals surface area contributed by atoms with E-state index in [9.17, 15) is 5.11 Å². The van der Waals surface area contributed by atoms with Gasteiger partial charge in [-0.05, 0) is 31.6 Å². The average Bonchev–Trinajstić information content (AvgIpc) is 2.80. The van der Waals surface area contributed by atoms with E-state index in [2.05, 4.69) is 10.4 Å². The quantitative estimate of drug-likeness (QED) is 0.772. The van der Waals surface area contributed by atoms with Crippen molar-refractivity contribution >= 4 is 11.3 Å². The zero-order valence-electron chi connectivity index (χ0n) is 6.94. The van der Waals surface area contributed by atoms with Gasteiger partial charge < -0.3 is 5.11 Å². The standard InChI is InChI=1S/C9H13NOS/c11-9(7-1-2-7)4-3-8-5-12-6-10-8/h5-7,9,11H,1-4H2. The van der Waals surface area contributed by atoms with Gasteiger partial charge in [0.2, 0.25) is 0 Å². The molecule has 0 aromatic carbocycles. The van der Waals surface area contributed by atoms with E-state index in [0.29, 0.717) is 5.92 Å². The van der Waals surface area contributed by atoms with Crippen LogP contribution < -0.4 is 0 Å². The van der Waals surface area contributed by atoms with E-state index < -0.39 is 0 Å². The Bertz CT molecular complexity index is 231. The lowest BCUT2D eigenvalue weighted by Gasteiger charge is -2.06. The summed E-state index contributed by atoms with van der Waals surface area (Å²) in [6, 6.07) is 0. The molecule has 1 aliphatic rings. The summed E-state index contributed by atoms with van der Waals surface area (Å²) in [5.41, 5.74) is 2.97. The summed E-state index contributed by atoms with van der Waals surface area (Å²) >= 11 is 1.62. The maximum atomic E-state index is 9.56. The van der Waals surface area contributed by atoms with Crippen LogP contribution in [0.25, 0.3) is 0 Å². The highest BCUT2D eigenvalue weighted by atomic mass is 32.1. The Morgan fingerprint density at radius 3 is 3.08 bits per heavy atom. The molecule has 0 bridgehead atoms. The van der Waals surface area contributed by atoms with Crippen molar-refractivity contribution in [3.05, 3.63) is 16.6 Å². The normalized spacial score (nSPS) is 19.4. The van der Waals surface area contributed by atoms with Gasteiger partial charge in [0.25, 0.3) is 0 Å². The van der Waals surface area contributed by atoms with Crippen LogP contribution in [-0.4, -0.2) is 16.2 Å². The maximum Gasteiger partial charge on any atom is 0.0794 e. The predicted molar refractivity (Wildman–Crippen MR) is 49.2 cm³/mol. The van der Waals surface area contributed by atoms with Gasteiger partial charge >= 0.3 is 0 Å². The molecule has 0 radical (unpaired) electrons. The number of hydrogen-bond donors (Lipinski definition) is 1. The fourth-order valence-corrected chi connectivity index (χ4v) is 1.97. The fourth-order valence-electron chi connectivity index (χ4n) is 1.37. The maximum absolute atomic E-state index is 9.56. The van der Waals surface area contributed by atoms with Crippen LogP contribution in [0.2, 0.25) is 0 Å². The molecule has 0 spiro atoms. The Morgan fingerprint density at radius 1 is 1.67 bits per heavy atom. The highest BCUT2D eigenvalue weighted by molar-refractivity contribution is 7.07. The van der Waals surface area contributed by atoms with Gasteiger partial charge in [0.05, 0.1) is 17.3 Å². The Balaban J connectivity index is 1.74. The van der Waals surface area contributed by atoms with E-state index in [1.54, 1.807) is 11.3 Å². The van der Waals surface area contributed by atoms with Gasteiger partial charge in [-0.15, -0.1) is 11.3 Å². The lowest BCUT2D eigenvalue weighted by Crippen LogP contribution is -2.10. The van der Waals surface area contributed by atoms with Gasteiger partial charge in [-0.25, -0.2) is 4.98 Å².